The normalized spacial score (nSPS) is 11.0. The summed E-state index contributed by atoms with van der Waals surface area (Å²) < 4.78 is 5.30. The summed E-state index contributed by atoms with van der Waals surface area (Å²) in [6.45, 7) is 1.81. The van der Waals surface area contributed by atoms with Crippen LogP contribution in [-0.2, 0) is 4.79 Å². The molecule has 0 radical (unpaired) electrons. The van der Waals surface area contributed by atoms with Crippen LogP contribution in [0, 0.1) is 10.1 Å². The minimum atomic E-state index is -0.496. The number of carbonyl (C=O) groups is 1. The molecule has 7 heteroatoms. The molecule has 0 fully saturated rings. The van der Waals surface area contributed by atoms with Crippen LogP contribution in [-0.4, -0.2) is 23.1 Å². The van der Waals surface area contributed by atoms with E-state index in [1.807, 2.05) is 37.3 Å². The van der Waals surface area contributed by atoms with E-state index in [2.05, 4.69) is 10.5 Å². The van der Waals surface area contributed by atoms with E-state index in [1.165, 1.54) is 24.3 Å². The largest absolute Gasteiger partial charge is 0.484 e. The highest BCUT2D eigenvalue weighted by Gasteiger charge is 2.07. The third-order valence-corrected chi connectivity index (χ3v) is 3.33. The number of nitro benzene ring substituents is 1. The van der Waals surface area contributed by atoms with Crippen molar-refractivity contribution in [3.8, 4) is 5.75 Å². The molecule has 0 saturated heterocycles. The van der Waals surface area contributed by atoms with Gasteiger partial charge in [0, 0.05) is 12.1 Å². The molecule has 1 amide bonds. The fourth-order valence-electron chi connectivity index (χ4n) is 2.11. The van der Waals surface area contributed by atoms with Crippen LogP contribution in [0.15, 0.2) is 59.7 Å². The van der Waals surface area contributed by atoms with Crippen molar-refractivity contribution in [2.24, 2.45) is 5.10 Å². The highest BCUT2D eigenvalue weighted by molar-refractivity contribution is 6.01. The summed E-state index contributed by atoms with van der Waals surface area (Å²) >= 11 is 0. The van der Waals surface area contributed by atoms with Gasteiger partial charge in [0.2, 0.25) is 0 Å². The number of nitro groups is 1. The Labute approximate surface area is 145 Å². The fourth-order valence-corrected chi connectivity index (χ4v) is 2.11. The van der Waals surface area contributed by atoms with E-state index in [0.29, 0.717) is 5.75 Å². The molecule has 0 aromatic heterocycles. The van der Waals surface area contributed by atoms with E-state index in [0.717, 1.165) is 24.1 Å². The first-order valence-corrected chi connectivity index (χ1v) is 7.88. The van der Waals surface area contributed by atoms with Crippen LogP contribution in [0.3, 0.4) is 0 Å². The summed E-state index contributed by atoms with van der Waals surface area (Å²) in [5, 5.41) is 14.8. The Kier molecular flexibility index (Phi) is 6.65. The molecule has 1 N–H and O–H groups in total. The number of rotatable bonds is 8. The van der Waals surface area contributed by atoms with Gasteiger partial charge in [0.05, 0.1) is 10.6 Å². The lowest BCUT2D eigenvalue weighted by atomic mass is 10.1. The number of hydrazone groups is 1. The summed E-state index contributed by atoms with van der Waals surface area (Å²) in [5.41, 5.74) is 4.21. The fraction of sp³-hybridized carbons (Fsp3) is 0.222. The average molecular weight is 341 g/mol. The Balaban J connectivity index is 1.91. The maximum Gasteiger partial charge on any atom is 0.277 e. The second-order valence-corrected chi connectivity index (χ2v) is 5.25. The van der Waals surface area contributed by atoms with Gasteiger partial charge in [0.15, 0.2) is 6.61 Å². The topological polar surface area (TPSA) is 93.8 Å². The van der Waals surface area contributed by atoms with Gasteiger partial charge in [-0.25, -0.2) is 5.43 Å². The summed E-state index contributed by atoms with van der Waals surface area (Å²) in [6, 6.07) is 15.2. The van der Waals surface area contributed by atoms with Gasteiger partial charge in [0.25, 0.3) is 11.6 Å². The number of benzene rings is 2. The lowest BCUT2D eigenvalue weighted by Crippen LogP contribution is -2.26. The van der Waals surface area contributed by atoms with Crippen LogP contribution in [0.4, 0.5) is 5.69 Å². The molecule has 0 atom stereocenters. The first kappa shape index (κ1) is 18.1. The molecule has 25 heavy (non-hydrogen) atoms. The molecule has 0 aliphatic rings. The molecule has 0 saturated carbocycles. The predicted molar refractivity (Wildman–Crippen MR) is 94.6 cm³/mol. The van der Waals surface area contributed by atoms with Crippen molar-refractivity contribution < 1.29 is 14.5 Å². The summed E-state index contributed by atoms with van der Waals surface area (Å²) in [6.07, 6.45) is 1.65. The lowest BCUT2D eigenvalue weighted by Gasteiger charge is -2.07. The average Bonchev–Trinajstić information content (AvgIpc) is 2.64. The molecular weight excluding hydrogens is 322 g/mol. The number of amides is 1. The Morgan fingerprint density at radius 2 is 1.84 bits per heavy atom. The van der Waals surface area contributed by atoms with Crippen LogP contribution in [0.5, 0.6) is 5.75 Å². The van der Waals surface area contributed by atoms with E-state index in [9.17, 15) is 14.9 Å². The summed E-state index contributed by atoms with van der Waals surface area (Å²) in [5.74, 6) is -0.0237. The number of carbonyl (C=O) groups excluding carboxylic acids is 1. The van der Waals surface area contributed by atoms with Crippen molar-refractivity contribution in [1.82, 2.24) is 5.43 Å². The van der Waals surface area contributed by atoms with Crippen LogP contribution in [0.1, 0.15) is 25.3 Å². The smallest absolute Gasteiger partial charge is 0.277 e. The minimum absolute atomic E-state index is 0.0338. The molecule has 0 unspecified atom stereocenters. The molecule has 2 aromatic carbocycles. The van der Waals surface area contributed by atoms with Gasteiger partial charge in [-0.3, -0.25) is 14.9 Å². The van der Waals surface area contributed by atoms with Crippen molar-refractivity contribution >= 4 is 17.3 Å². The first-order valence-electron chi connectivity index (χ1n) is 7.88. The lowest BCUT2D eigenvalue weighted by molar-refractivity contribution is -0.384. The Bertz CT molecular complexity index is 743. The summed E-state index contributed by atoms with van der Waals surface area (Å²) in [4.78, 5) is 22.0. The quantitative estimate of drug-likeness (QED) is 0.453. The van der Waals surface area contributed by atoms with Crippen LogP contribution in [0.2, 0.25) is 0 Å². The highest BCUT2D eigenvalue weighted by Crippen LogP contribution is 2.17. The molecule has 2 rings (SSSR count). The molecule has 0 heterocycles. The maximum atomic E-state index is 11.9. The Morgan fingerprint density at radius 3 is 2.44 bits per heavy atom. The van der Waals surface area contributed by atoms with Gasteiger partial charge in [-0.15, -0.1) is 0 Å². The molecule has 0 bridgehead atoms. The number of non-ortho nitro benzene ring substituents is 1. The molecular formula is C18H19N3O4. The third-order valence-electron chi connectivity index (χ3n) is 3.33. The van der Waals surface area contributed by atoms with Crippen molar-refractivity contribution in [1.29, 1.82) is 0 Å². The van der Waals surface area contributed by atoms with Crippen LogP contribution >= 0.6 is 0 Å². The third kappa shape index (κ3) is 5.72. The van der Waals surface area contributed by atoms with Gasteiger partial charge >= 0.3 is 0 Å². The SMILES string of the molecule is CCCC(=NNC(=O)COc1ccc([N+](=O)[O-])cc1)c1ccccc1. The van der Waals surface area contributed by atoms with Gasteiger partial charge in [-0.1, -0.05) is 43.7 Å². The van der Waals surface area contributed by atoms with Gasteiger partial charge in [-0.05, 0) is 24.1 Å². The summed E-state index contributed by atoms with van der Waals surface area (Å²) in [7, 11) is 0. The van der Waals surface area contributed by atoms with Crippen molar-refractivity contribution in [2.75, 3.05) is 6.61 Å². The molecule has 130 valence electrons. The Morgan fingerprint density at radius 1 is 1.16 bits per heavy atom. The standard InChI is InChI=1S/C18H19N3O4/c1-2-6-17(14-7-4-3-5-8-14)19-20-18(22)13-25-16-11-9-15(10-12-16)21(23)24/h3-5,7-12H,2,6,13H2,1H3,(H,20,22). The van der Waals surface area contributed by atoms with E-state index < -0.39 is 10.8 Å². The highest BCUT2D eigenvalue weighted by atomic mass is 16.6. The van der Waals surface area contributed by atoms with E-state index in [-0.39, 0.29) is 12.3 Å². The Hall–Kier alpha value is -3.22. The van der Waals surface area contributed by atoms with Crippen molar-refractivity contribution in [3.05, 3.63) is 70.3 Å². The zero-order valence-corrected chi connectivity index (χ0v) is 13.8. The second kappa shape index (κ2) is 9.17. The van der Waals surface area contributed by atoms with Crippen molar-refractivity contribution in [3.63, 3.8) is 0 Å². The first-order chi connectivity index (χ1) is 12.1. The number of ether oxygens (including phenoxy) is 1. The van der Waals surface area contributed by atoms with Gasteiger partial charge < -0.3 is 4.74 Å². The molecule has 0 aliphatic carbocycles. The molecule has 0 aliphatic heterocycles. The predicted octanol–water partition coefficient (Wildman–Crippen LogP) is 3.29. The number of hydrogen-bond donors (Lipinski definition) is 1. The van der Waals surface area contributed by atoms with Crippen LogP contribution in [0.25, 0.3) is 0 Å². The zero-order chi connectivity index (χ0) is 18.1. The maximum absolute atomic E-state index is 11.9. The number of nitrogens with one attached hydrogen (secondary N) is 1. The van der Waals surface area contributed by atoms with Crippen LogP contribution < -0.4 is 10.2 Å². The van der Waals surface area contributed by atoms with Crippen molar-refractivity contribution in [2.45, 2.75) is 19.8 Å². The monoisotopic (exact) mass is 341 g/mol. The molecule has 0 spiro atoms. The zero-order valence-electron chi connectivity index (χ0n) is 13.8. The number of hydrogen-bond acceptors (Lipinski definition) is 5. The molecule has 2 aromatic rings. The number of nitrogens with zero attached hydrogens (tertiary/aromatic N) is 2. The van der Waals surface area contributed by atoms with Gasteiger partial charge in [-0.2, -0.15) is 5.10 Å². The van der Waals surface area contributed by atoms with E-state index >= 15 is 0 Å². The van der Waals surface area contributed by atoms with Gasteiger partial charge in [0.1, 0.15) is 5.75 Å². The minimum Gasteiger partial charge on any atom is -0.484 e. The molecule has 7 nitrogen and oxygen atoms in total. The van der Waals surface area contributed by atoms with E-state index in [4.69, 9.17) is 4.74 Å². The second-order valence-electron chi connectivity index (χ2n) is 5.25. The van der Waals surface area contributed by atoms with E-state index in [1.54, 1.807) is 0 Å².